The SMILES string of the molecule is CCCc1nc(C)c(CNC(=O)c2cscn2)s1. The van der Waals surface area contributed by atoms with E-state index < -0.39 is 0 Å². The summed E-state index contributed by atoms with van der Waals surface area (Å²) in [6, 6.07) is 0. The Labute approximate surface area is 114 Å². The van der Waals surface area contributed by atoms with Gasteiger partial charge in [0.25, 0.3) is 5.91 Å². The van der Waals surface area contributed by atoms with Gasteiger partial charge in [-0.3, -0.25) is 4.79 Å². The number of amides is 1. The number of nitrogens with one attached hydrogen (secondary N) is 1. The maximum Gasteiger partial charge on any atom is 0.271 e. The molecule has 0 unspecified atom stereocenters. The molecule has 0 saturated carbocycles. The van der Waals surface area contributed by atoms with Crippen LogP contribution in [0.1, 0.15) is 39.4 Å². The molecule has 0 bridgehead atoms. The van der Waals surface area contributed by atoms with Crippen LogP contribution in [0.5, 0.6) is 0 Å². The van der Waals surface area contributed by atoms with Gasteiger partial charge in [0.05, 0.1) is 22.8 Å². The van der Waals surface area contributed by atoms with Crippen molar-refractivity contribution in [3.05, 3.63) is 32.2 Å². The summed E-state index contributed by atoms with van der Waals surface area (Å²) in [6.45, 7) is 4.66. The molecule has 2 aromatic rings. The number of carbonyl (C=O) groups is 1. The zero-order valence-corrected chi connectivity index (χ0v) is 12.0. The number of hydrogen-bond donors (Lipinski definition) is 1. The minimum Gasteiger partial charge on any atom is -0.346 e. The second kappa shape index (κ2) is 6.06. The topological polar surface area (TPSA) is 54.9 Å². The van der Waals surface area contributed by atoms with Crippen molar-refractivity contribution >= 4 is 28.6 Å². The molecule has 0 radical (unpaired) electrons. The normalized spacial score (nSPS) is 10.6. The molecular weight excluding hydrogens is 266 g/mol. The molecule has 96 valence electrons. The zero-order chi connectivity index (χ0) is 13.0. The van der Waals surface area contributed by atoms with E-state index in [1.165, 1.54) is 11.3 Å². The highest BCUT2D eigenvalue weighted by atomic mass is 32.1. The maximum atomic E-state index is 11.7. The molecule has 6 heteroatoms. The number of rotatable bonds is 5. The summed E-state index contributed by atoms with van der Waals surface area (Å²) in [5, 5.41) is 5.77. The van der Waals surface area contributed by atoms with Crippen molar-refractivity contribution in [3.63, 3.8) is 0 Å². The smallest absolute Gasteiger partial charge is 0.271 e. The van der Waals surface area contributed by atoms with Crippen LogP contribution < -0.4 is 5.32 Å². The summed E-state index contributed by atoms with van der Waals surface area (Å²) in [6.07, 6.45) is 2.10. The van der Waals surface area contributed by atoms with Gasteiger partial charge in [0.1, 0.15) is 5.69 Å². The van der Waals surface area contributed by atoms with Gasteiger partial charge in [-0.05, 0) is 19.8 Å². The maximum absolute atomic E-state index is 11.7. The Hall–Kier alpha value is -1.27. The molecule has 0 aliphatic rings. The van der Waals surface area contributed by atoms with Crippen LogP contribution >= 0.6 is 22.7 Å². The lowest BCUT2D eigenvalue weighted by atomic mass is 10.3. The first-order valence-electron chi connectivity index (χ1n) is 5.82. The van der Waals surface area contributed by atoms with E-state index in [4.69, 9.17) is 0 Å². The molecule has 1 amide bonds. The van der Waals surface area contributed by atoms with E-state index in [-0.39, 0.29) is 5.91 Å². The van der Waals surface area contributed by atoms with E-state index in [9.17, 15) is 4.79 Å². The standard InChI is InChI=1S/C12H15N3OS2/c1-3-4-11-15-8(2)10(18-11)5-13-12(16)9-6-17-7-14-9/h6-7H,3-5H2,1-2H3,(H,13,16). The van der Waals surface area contributed by atoms with Crippen molar-refractivity contribution in [2.24, 2.45) is 0 Å². The number of aromatic nitrogens is 2. The second-order valence-corrected chi connectivity index (χ2v) is 5.81. The molecule has 0 saturated heterocycles. The van der Waals surface area contributed by atoms with Crippen molar-refractivity contribution in [2.45, 2.75) is 33.2 Å². The average molecular weight is 281 g/mol. The van der Waals surface area contributed by atoms with E-state index in [1.807, 2.05) is 6.92 Å². The fraction of sp³-hybridized carbons (Fsp3) is 0.417. The van der Waals surface area contributed by atoms with Crippen molar-refractivity contribution in [1.82, 2.24) is 15.3 Å². The fourth-order valence-electron chi connectivity index (χ4n) is 1.55. The van der Waals surface area contributed by atoms with Crippen LogP contribution in [0.25, 0.3) is 0 Å². The van der Waals surface area contributed by atoms with Crippen LogP contribution in [0.2, 0.25) is 0 Å². The van der Waals surface area contributed by atoms with E-state index in [2.05, 4.69) is 22.2 Å². The molecule has 4 nitrogen and oxygen atoms in total. The Kier molecular flexibility index (Phi) is 4.43. The van der Waals surface area contributed by atoms with Crippen LogP contribution in [0.4, 0.5) is 0 Å². The molecule has 0 fully saturated rings. The third-order valence-corrected chi connectivity index (χ3v) is 4.28. The Bertz CT molecular complexity index is 519. The van der Waals surface area contributed by atoms with Crippen LogP contribution in [-0.4, -0.2) is 15.9 Å². The Morgan fingerprint density at radius 1 is 1.50 bits per heavy atom. The molecule has 0 aromatic carbocycles. The number of thiazole rings is 2. The largest absolute Gasteiger partial charge is 0.346 e. The van der Waals surface area contributed by atoms with Crippen molar-refractivity contribution in [1.29, 1.82) is 0 Å². The lowest BCUT2D eigenvalue weighted by molar-refractivity contribution is 0.0947. The minimum atomic E-state index is -0.124. The van der Waals surface area contributed by atoms with Gasteiger partial charge in [0.2, 0.25) is 0 Å². The van der Waals surface area contributed by atoms with Gasteiger partial charge < -0.3 is 5.32 Å². The second-order valence-electron chi connectivity index (χ2n) is 3.92. The van der Waals surface area contributed by atoms with Gasteiger partial charge in [0, 0.05) is 10.3 Å². The van der Waals surface area contributed by atoms with E-state index in [0.717, 1.165) is 28.4 Å². The van der Waals surface area contributed by atoms with Gasteiger partial charge in [0.15, 0.2) is 0 Å². The molecule has 2 heterocycles. The summed E-state index contributed by atoms with van der Waals surface area (Å²) < 4.78 is 0. The summed E-state index contributed by atoms with van der Waals surface area (Å²) in [5.41, 5.74) is 3.16. The van der Waals surface area contributed by atoms with E-state index in [1.54, 1.807) is 22.2 Å². The molecule has 0 aliphatic carbocycles. The van der Waals surface area contributed by atoms with Gasteiger partial charge in [-0.25, -0.2) is 9.97 Å². The Morgan fingerprint density at radius 3 is 3.00 bits per heavy atom. The first-order valence-corrected chi connectivity index (χ1v) is 7.58. The van der Waals surface area contributed by atoms with Crippen LogP contribution in [0.15, 0.2) is 10.9 Å². The molecular formula is C12H15N3OS2. The Balaban J connectivity index is 1.95. The molecule has 2 rings (SSSR count). The highest BCUT2D eigenvalue weighted by Gasteiger charge is 2.10. The number of aryl methyl sites for hydroxylation is 2. The highest BCUT2D eigenvalue weighted by molar-refractivity contribution is 7.11. The molecule has 0 spiro atoms. The third-order valence-electron chi connectivity index (χ3n) is 2.48. The fourth-order valence-corrected chi connectivity index (χ4v) is 3.19. The molecule has 2 aromatic heterocycles. The number of nitrogens with zero attached hydrogens (tertiary/aromatic N) is 2. The first-order chi connectivity index (χ1) is 8.70. The van der Waals surface area contributed by atoms with Gasteiger partial charge in [-0.1, -0.05) is 6.92 Å². The Morgan fingerprint density at radius 2 is 2.33 bits per heavy atom. The monoisotopic (exact) mass is 281 g/mol. The average Bonchev–Trinajstić information content (AvgIpc) is 2.97. The summed E-state index contributed by atoms with van der Waals surface area (Å²) in [7, 11) is 0. The highest BCUT2D eigenvalue weighted by Crippen LogP contribution is 2.19. The number of carbonyl (C=O) groups excluding carboxylic acids is 1. The van der Waals surface area contributed by atoms with Gasteiger partial charge in [-0.15, -0.1) is 22.7 Å². The molecule has 0 atom stereocenters. The predicted octanol–water partition coefficient (Wildman–Crippen LogP) is 2.79. The van der Waals surface area contributed by atoms with Crippen LogP contribution in [-0.2, 0) is 13.0 Å². The van der Waals surface area contributed by atoms with Crippen LogP contribution in [0.3, 0.4) is 0 Å². The molecule has 0 aliphatic heterocycles. The summed E-state index contributed by atoms with van der Waals surface area (Å²) >= 11 is 3.10. The lowest BCUT2D eigenvalue weighted by Crippen LogP contribution is -2.22. The predicted molar refractivity (Wildman–Crippen MR) is 74.1 cm³/mol. The van der Waals surface area contributed by atoms with Gasteiger partial charge in [-0.2, -0.15) is 0 Å². The lowest BCUT2D eigenvalue weighted by Gasteiger charge is -2.01. The molecule has 1 N–H and O–H groups in total. The van der Waals surface area contributed by atoms with Crippen molar-refractivity contribution < 1.29 is 4.79 Å². The zero-order valence-electron chi connectivity index (χ0n) is 10.4. The first kappa shape index (κ1) is 13.2. The summed E-state index contributed by atoms with van der Waals surface area (Å²) in [4.78, 5) is 21.3. The van der Waals surface area contributed by atoms with Crippen molar-refractivity contribution in [3.8, 4) is 0 Å². The minimum absolute atomic E-state index is 0.124. The number of hydrogen-bond acceptors (Lipinski definition) is 5. The molecule has 18 heavy (non-hydrogen) atoms. The van der Waals surface area contributed by atoms with Gasteiger partial charge >= 0.3 is 0 Å². The summed E-state index contributed by atoms with van der Waals surface area (Å²) in [5.74, 6) is -0.124. The van der Waals surface area contributed by atoms with Crippen molar-refractivity contribution in [2.75, 3.05) is 0 Å². The van der Waals surface area contributed by atoms with E-state index in [0.29, 0.717) is 12.2 Å². The van der Waals surface area contributed by atoms with E-state index >= 15 is 0 Å². The third kappa shape index (κ3) is 3.14. The quantitative estimate of drug-likeness (QED) is 0.917. The van der Waals surface area contributed by atoms with Crippen LogP contribution in [0, 0.1) is 6.92 Å².